The first-order chi connectivity index (χ1) is 41.5. The van der Waals surface area contributed by atoms with Crippen molar-refractivity contribution in [2.45, 2.75) is 418 Å². The van der Waals surface area contributed by atoms with Gasteiger partial charge in [-0.15, -0.1) is 0 Å². The first kappa shape index (κ1) is 84.0. The number of amides is 1. The molecule has 9 heteroatoms. The number of hydrogen-bond acceptors (Lipinski definition) is 5. The molecule has 3 atom stereocenters. The van der Waals surface area contributed by atoms with Crippen LogP contribution < -0.4 is 5.32 Å². The molecule has 0 fully saturated rings. The summed E-state index contributed by atoms with van der Waals surface area (Å²) in [7, 11) is 1.60. The Morgan fingerprint density at radius 2 is 0.635 bits per heavy atom. The fraction of sp³-hybridized carbons (Fsp3) is 0.934. The minimum atomic E-state index is -4.35. The highest BCUT2D eigenvalue weighted by molar-refractivity contribution is 7.47. The molecule has 0 aromatic carbocycles. The number of quaternary nitrogens is 1. The monoisotopic (exact) mass is 1220 g/mol. The van der Waals surface area contributed by atoms with Crippen LogP contribution in [-0.4, -0.2) is 73.4 Å². The third kappa shape index (κ3) is 70.3. The summed E-state index contributed by atoms with van der Waals surface area (Å²) in [6, 6.07) is -0.845. The molecule has 3 unspecified atom stereocenters. The number of phosphoric ester groups is 1. The number of rotatable bonds is 72. The van der Waals surface area contributed by atoms with Crippen molar-refractivity contribution in [3.63, 3.8) is 0 Å². The Bertz CT molecular complexity index is 1430. The van der Waals surface area contributed by atoms with E-state index in [-0.39, 0.29) is 19.1 Å². The van der Waals surface area contributed by atoms with Gasteiger partial charge in [0.25, 0.3) is 0 Å². The number of nitrogens with one attached hydrogen (secondary N) is 1. The fourth-order valence-electron chi connectivity index (χ4n) is 12.0. The van der Waals surface area contributed by atoms with Crippen LogP contribution in [0.4, 0.5) is 0 Å². The van der Waals surface area contributed by atoms with Gasteiger partial charge in [0.1, 0.15) is 13.2 Å². The van der Waals surface area contributed by atoms with Crippen LogP contribution in [0.1, 0.15) is 406 Å². The summed E-state index contributed by atoms with van der Waals surface area (Å²) in [6.45, 7) is 4.88. The van der Waals surface area contributed by atoms with Crippen LogP contribution in [0.3, 0.4) is 0 Å². The number of hydrogen-bond donors (Lipinski definition) is 3. The van der Waals surface area contributed by atoms with Crippen LogP contribution >= 0.6 is 7.82 Å². The summed E-state index contributed by atoms with van der Waals surface area (Å²) in [4.78, 5) is 23.5. The number of allylic oxidation sites excluding steroid dienone is 3. The highest BCUT2D eigenvalue weighted by Gasteiger charge is 2.28. The predicted octanol–water partition coefficient (Wildman–Crippen LogP) is 24.6. The maximum Gasteiger partial charge on any atom is 0.472 e. The van der Waals surface area contributed by atoms with Crippen LogP contribution in [0.15, 0.2) is 24.3 Å². The van der Waals surface area contributed by atoms with Gasteiger partial charge in [0.2, 0.25) is 5.91 Å². The lowest BCUT2D eigenvalue weighted by Crippen LogP contribution is -2.45. The summed E-state index contributed by atoms with van der Waals surface area (Å²) >= 11 is 0. The van der Waals surface area contributed by atoms with Gasteiger partial charge in [-0.05, 0) is 44.9 Å². The molecule has 0 saturated heterocycles. The van der Waals surface area contributed by atoms with Crippen LogP contribution in [-0.2, 0) is 18.4 Å². The number of carbonyl (C=O) groups excluding carboxylic acids is 1. The zero-order chi connectivity index (χ0) is 61.9. The molecule has 0 spiro atoms. The van der Waals surface area contributed by atoms with Crippen LogP contribution in [0, 0.1) is 0 Å². The molecule has 8 nitrogen and oxygen atoms in total. The van der Waals surface area contributed by atoms with Gasteiger partial charge >= 0.3 is 7.82 Å². The van der Waals surface area contributed by atoms with Crippen LogP contribution in [0.2, 0.25) is 0 Å². The summed E-state index contributed by atoms with van der Waals surface area (Å²) in [6.07, 6.45) is 89.3. The van der Waals surface area contributed by atoms with Gasteiger partial charge in [0.05, 0.1) is 39.9 Å². The van der Waals surface area contributed by atoms with Crippen LogP contribution in [0.25, 0.3) is 0 Å². The van der Waals surface area contributed by atoms with Crippen molar-refractivity contribution in [3.05, 3.63) is 24.3 Å². The van der Waals surface area contributed by atoms with Gasteiger partial charge < -0.3 is 19.8 Å². The van der Waals surface area contributed by atoms with Gasteiger partial charge in [0, 0.05) is 6.42 Å². The zero-order valence-corrected chi connectivity index (χ0v) is 59.0. The smallest absolute Gasteiger partial charge is 0.387 e. The molecule has 0 aliphatic carbocycles. The molecule has 0 aromatic heterocycles. The molecular formula is C76H152N2O6P+. The first-order valence-corrected chi connectivity index (χ1v) is 39.7. The molecule has 0 radical (unpaired) electrons. The molecule has 0 aromatic rings. The van der Waals surface area contributed by atoms with Gasteiger partial charge in [-0.3, -0.25) is 13.8 Å². The van der Waals surface area contributed by atoms with Crippen molar-refractivity contribution < 1.29 is 32.9 Å². The van der Waals surface area contributed by atoms with E-state index >= 15 is 0 Å². The fourth-order valence-corrected chi connectivity index (χ4v) is 12.7. The third-order valence-corrected chi connectivity index (χ3v) is 18.9. The molecule has 506 valence electrons. The molecule has 0 saturated carbocycles. The van der Waals surface area contributed by atoms with Gasteiger partial charge in [-0.25, -0.2) is 4.57 Å². The van der Waals surface area contributed by atoms with Gasteiger partial charge in [-0.2, -0.15) is 0 Å². The molecule has 3 N–H and O–H groups in total. The van der Waals surface area contributed by atoms with Crippen molar-refractivity contribution >= 4 is 13.7 Å². The maximum absolute atomic E-state index is 13.1. The quantitative estimate of drug-likeness (QED) is 0.0243. The summed E-state index contributed by atoms with van der Waals surface area (Å²) < 4.78 is 23.9. The first-order valence-electron chi connectivity index (χ1n) is 38.2. The maximum atomic E-state index is 13.1. The van der Waals surface area contributed by atoms with Gasteiger partial charge in [-0.1, -0.05) is 378 Å². The summed E-state index contributed by atoms with van der Waals surface area (Å²) in [5.41, 5.74) is 0. The standard InChI is InChI=1S/C76H151N2O6P/c1-6-8-10-12-14-16-18-20-22-24-26-28-30-32-33-34-35-36-37-38-39-40-41-42-43-44-45-46-48-50-52-54-56-58-60-62-64-66-68-70-76(80)77-74(73-84-85(81,82)83-72-71-78(3,4)5)75(79)69-67-65-63-61-59-57-55-53-51-49-47-31-29-27-25-23-21-19-17-15-13-11-9-7-2/h24,26,67,69,74-75,79H,6-23,25,27-66,68,70-73H2,1-5H3,(H-,77,80,81,82)/p+1/b26-24-,69-67+. The Labute approximate surface area is 532 Å². The highest BCUT2D eigenvalue weighted by Crippen LogP contribution is 2.43. The van der Waals surface area contributed by atoms with E-state index in [2.05, 4.69) is 31.3 Å². The largest absolute Gasteiger partial charge is 0.472 e. The van der Waals surface area contributed by atoms with Crippen molar-refractivity contribution in [2.75, 3.05) is 40.9 Å². The molecule has 85 heavy (non-hydrogen) atoms. The zero-order valence-electron chi connectivity index (χ0n) is 58.1. The van der Waals surface area contributed by atoms with E-state index in [1.54, 1.807) is 6.08 Å². The average Bonchev–Trinajstić information content (AvgIpc) is 3.49. The summed E-state index contributed by atoms with van der Waals surface area (Å²) in [5.74, 6) is -0.167. The second-order valence-electron chi connectivity index (χ2n) is 27.7. The van der Waals surface area contributed by atoms with E-state index in [4.69, 9.17) is 9.05 Å². The third-order valence-electron chi connectivity index (χ3n) is 17.9. The molecule has 0 bridgehead atoms. The Morgan fingerprint density at radius 1 is 0.388 bits per heavy atom. The second-order valence-corrected chi connectivity index (χ2v) is 29.2. The van der Waals surface area contributed by atoms with E-state index < -0.39 is 20.0 Å². The average molecular weight is 1220 g/mol. The Morgan fingerprint density at radius 3 is 0.906 bits per heavy atom. The van der Waals surface area contributed by atoms with E-state index in [1.807, 2.05) is 27.2 Å². The lowest BCUT2D eigenvalue weighted by molar-refractivity contribution is -0.870. The van der Waals surface area contributed by atoms with Crippen molar-refractivity contribution in [2.24, 2.45) is 0 Å². The Balaban J connectivity index is 3.91. The summed E-state index contributed by atoms with van der Waals surface area (Å²) in [5, 5.41) is 14.0. The van der Waals surface area contributed by atoms with E-state index in [0.717, 1.165) is 32.1 Å². The number of aliphatic hydroxyl groups is 1. The number of aliphatic hydroxyl groups excluding tert-OH is 1. The van der Waals surface area contributed by atoms with Crippen molar-refractivity contribution in [1.29, 1.82) is 0 Å². The predicted molar refractivity (Wildman–Crippen MR) is 374 cm³/mol. The minimum Gasteiger partial charge on any atom is -0.387 e. The van der Waals surface area contributed by atoms with Crippen molar-refractivity contribution in [1.82, 2.24) is 5.32 Å². The minimum absolute atomic E-state index is 0.0649. The van der Waals surface area contributed by atoms with Crippen LogP contribution in [0.5, 0.6) is 0 Å². The molecule has 0 heterocycles. The number of nitrogens with zero attached hydrogens (tertiary/aromatic N) is 1. The number of carbonyl (C=O) groups is 1. The molecular weight excluding hydrogens is 1070 g/mol. The Hall–Kier alpha value is -1.02. The van der Waals surface area contributed by atoms with E-state index in [1.165, 1.54) is 353 Å². The lowest BCUT2D eigenvalue weighted by atomic mass is 10.0. The molecule has 0 aliphatic rings. The van der Waals surface area contributed by atoms with Gasteiger partial charge in [0.15, 0.2) is 0 Å². The number of unbranched alkanes of at least 4 members (excludes halogenated alkanes) is 57. The van der Waals surface area contributed by atoms with E-state index in [9.17, 15) is 19.4 Å². The van der Waals surface area contributed by atoms with Crippen molar-refractivity contribution in [3.8, 4) is 0 Å². The highest BCUT2D eigenvalue weighted by atomic mass is 31.2. The second kappa shape index (κ2) is 67.4. The Kier molecular flexibility index (Phi) is 66.6. The molecule has 0 aliphatic heterocycles. The number of likely N-dealkylation sites (N-methyl/N-ethyl adjacent to an activating group) is 1. The SMILES string of the molecule is CCCCCCCCCC/C=C\CCCCCCCCCCCCCCCCCCCCCCCCCCCCCC(=O)NC(COP(=O)(O)OCC[N+](C)(C)C)C(O)/C=C/CCCCCCCCCCCCCCCCCCCCCCCC. The normalized spacial score (nSPS) is 13.6. The lowest BCUT2D eigenvalue weighted by Gasteiger charge is -2.25. The van der Waals surface area contributed by atoms with E-state index in [0.29, 0.717) is 17.4 Å². The number of phosphoric acid groups is 1. The molecule has 0 rings (SSSR count). The molecule has 1 amide bonds. The topological polar surface area (TPSA) is 105 Å².